The number of alkyl halides is 3. The van der Waals surface area contributed by atoms with Crippen molar-refractivity contribution in [3.05, 3.63) is 28.8 Å². The number of piperidine rings is 1. The molecule has 1 aromatic rings. The smallest absolute Gasteiger partial charge is 0.370 e. The molecule has 0 spiro atoms. The summed E-state index contributed by atoms with van der Waals surface area (Å²) in [6.07, 6.45) is -3.67. The average molecular weight is 385 g/mol. The number of benzene rings is 1. The Balaban J connectivity index is 2.24. The molecule has 134 valence electrons. The van der Waals surface area contributed by atoms with Gasteiger partial charge in [-0.2, -0.15) is 17.5 Å². The van der Waals surface area contributed by atoms with E-state index in [1.54, 1.807) is 0 Å². The normalized spacial score (nSPS) is 17.8. The first kappa shape index (κ1) is 19.0. The lowest BCUT2D eigenvalue weighted by Crippen LogP contribution is -2.39. The summed E-state index contributed by atoms with van der Waals surface area (Å²) in [7, 11) is -4.14. The van der Waals surface area contributed by atoms with Crippen LogP contribution in [0.3, 0.4) is 0 Å². The van der Waals surface area contributed by atoms with Gasteiger partial charge < -0.3 is 5.73 Å². The fraction of sp³-hybridized carbons (Fsp3) is 0.500. The molecule has 2 rings (SSSR count). The van der Waals surface area contributed by atoms with E-state index in [1.807, 2.05) is 0 Å². The first-order chi connectivity index (χ1) is 11.0. The van der Waals surface area contributed by atoms with E-state index in [-0.39, 0.29) is 30.5 Å². The predicted octanol–water partition coefficient (Wildman–Crippen LogP) is 2.63. The minimum Gasteiger partial charge on any atom is -0.370 e. The van der Waals surface area contributed by atoms with E-state index in [4.69, 9.17) is 17.3 Å². The summed E-state index contributed by atoms with van der Waals surface area (Å²) < 4.78 is 64.7. The molecule has 2 N–H and O–H groups in total. The molecule has 0 aliphatic carbocycles. The van der Waals surface area contributed by atoms with Gasteiger partial charge >= 0.3 is 6.18 Å². The van der Waals surface area contributed by atoms with Gasteiger partial charge in [-0.15, -0.1) is 0 Å². The van der Waals surface area contributed by atoms with Gasteiger partial charge in [0, 0.05) is 19.5 Å². The molecule has 1 saturated heterocycles. The second-order valence-corrected chi connectivity index (χ2v) is 7.97. The predicted molar refractivity (Wildman–Crippen MR) is 81.7 cm³/mol. The fourth-order valence-corrected chi connectivity index (χ4v) is 4.62. The molecule has 1 aromatic carbocycles. The fourth-order valence-electron chi connectivity index (χ4n) is 2.65. The van der Waals surface area contributed by atoms with Gasteiger partial charge in [-0.25, -0.2) is 8.42 Å². The van der Waals surface area contributed by atoms with E-state index in [0.29, 0.717) is 18.9 Å². The molecule has 24 heavy (non-hydrogen) atoms. The number of rotatable bonds is 4. The van der Waals surface area contributed by atoms with Crippen LogP contribution in [0, 0.1) is 5.92 Å². The number of carbonyl (C=O) groups excluding carboxylic acids is 1. The van der Waals surface area contributed by atoms with E-state index >= 15 is 0 Å². The molecule has 0 radical (unpaired) electrons. The lowest BCUT2D eigenvalue weighted by molar-refractivity contribution is -0.137. The molecule has 1 fully saturated rings. The van der Waals surface area contributed by atoms with Gasteiger partial charge in [-0.1, -0.05) is 11.6 Å². The molecule has 10 heteroatoms. The van der Waals surface area contributed by atoms with Crippen molar-refractivity contribution in [2.45, 2.75) is 30.3 Å². The third-order valence-corrected chi connectivity index (χ3v) is 6.32. The van der Waals surface area contributed by atoms with Gasteiger partial charge in [0.1, 0.15) is 4.90 Å². The molecule has 0 saturated carbocycles. The topological polar surface area (TPSA) is 80.5 Å². The van der Waals surface area contributed by atoms with Crippen LogP contribution in [-0.2, 0) is 21.0 Å². The van der Waals surface area contributed by atoms with Crippen molar-refractivity contribution in [1.29, 1.82) is 0 Å². The number of nitrogens with two attached hydrogens (primary N) is 1. The highest BCUT2D eigenvalue weighted by Crippen LogP contribution is 2.35. The van der Waals surface area contributed by atoms with Gasteiger partial charge in [0.25, 0.3) is 0 Å². The number of carbonyl (C=O) groups is 1. The maximum absolute atomic E-state index is 12.8. The third kappa shape index (κ3) is 4.20. The third-order valence-electron chi connectivity index (χ3n) is 3.94. The summed E-state index contributed by atoms with van der Waals surface area (Å²) in [4.78, 5) is 10.3. The van der Waals surface area contributed by atoms with Crippen LogP contribution in [0.1, 0.15) is 24.8 Å². The largest absolute Gasteiger partial charge is 0.416 e. The standard InChI is InChI=1S/C14H16ClF3N2O3S/c15-11-2-1-10(14(16,17)18)8-12(11)24(22,23)20-5-3-9(4-6-20)7-13(19)21/h1-2,8-9H,3-7H2,(H2,19,21). The Bertz CT molecular complexity index is 729. The van der Waals surface area contributed by atoms with E-state index in [2.05, 4.69) is 0 Å². The van der Waals surface area contributed by atoms with Crippen molar-refractivity contribution in [2.75, 3.05) is 13.1 Å². The first-order valence-electron chi connectivity index (χ1n) is 7.17. The van der Waals surface area contributed by atoms with Crippen molar-refractivity contribution in [3.63, 3.8) is 0 Å². The Morgan fingerprint density at radius 2 is 1.88 bits per heavy atom. The number of halogens is 4. The molecule has 0 aromatic heterocycles. The molecule has 1 aliphatic heterocycles. The van der Waals surface area contributed by atoms with Gasteiger partial charge in [-0.05, 0) is 37.0 Å². The van der Waals surface area contributed by atoms with Crippen molar-refractivity contribution in [1.82, 2.24) is 4.31 Å². The summed E-state index contributed by atoms with van der Waals surface area (Å²) in [6, 6.07) is 2.21. The maximum Gasteiger partial charge on any atom is 0.416 e. The molecule has 0 unspecified atom stereocenters. The summed E-state index contributed by atoms with van der Waals surface area (Å²) in [5, 5.41) is -0.262. The first-order valence-corrected chi connectivity index (χ1v) is 8.99. The second-order valence-electron chi connectivity index (χ2n) is 5.66. The van der Waals surface area contributed by atoms with E-state index < -0.39 is 32.6 Å². The van der Waals surface area contributed by atoms with Crippen LogP contribution < -0.4 is 5.73 Å². The minimum atomic E-state index is -4.66. The van der Waals surface area contributed by atoms with Crippen molar-refractivity contribution >= 4 is 27.5 Å². The number of nitrogens with zero attached hydrogens (tertiary/aromatic N) is 1. The molecule has 0 atom stereocenters. The van der Waals surface area contributed by atoms with Crippen molar-refractivity contribution < 1.29 is 26.4 Å². The molecule has 1 amide bonds. The second kappa shape index (κ2) is 6.89. The van der Waals surface area contributed by atoms with Crippen LogP contribution in [0.2, 0.25) is 5.02 Å². The summed E-state index contributed by atoms with van der Waals surface area (Å²) in [5.41, 5.74) is 4.04. The molecular formula is C14H16ClF3N2O3S. The molecule has 1 heterocycles. The molecule has 5 nitrogen and oxygen atoms in total. The molecule has 1 aliphatic rings. The Morgan fingerprint density at radius 1 is 1.29 bits per heavy atom. The number of sulfonamides is 1. The lowest BCUT2D eigenvalue weighted by atomic mass is 9.94. The zero-order chi connectivity index (χ0) is 18.1. The van der Waals surface area contributed by atoms with Gasteiger partial charge in [0.05, 0.1) is 10.6 Å². The Morgan fingerprint density at radius 3 is 2.38 bits per heavy atom. The van der Waals surface area contributed by atoms with Crippen LogP contribution in [0.5, 0.6) is 0 Å². The van der Waals surface area contributed by atoms with Crippen LogP contribution >= 0.6 is 11.6 Å². The van der Waals surface area contributed by atoms with Crippen LogP contribution in [-0.4, -0.2) is 31.7 Å². The highest BCUT2D eigenvalue weighted by molar-refractivity contribution is 7.89. The number of amides is 1. The Labute approximate surface area is 142 Å². The summed E-state index contributed by atoms with van der Waals surface area (Å²) in [6.45, 7) is 0.208. The zero-order valence-electron chi connectivity index (χ0n) is 12.5. The van der Waals surface area contributed by atoms with Crippen LogP contribution in [0.4, 0.5) is 13.2 Å². The monoisotopic (exact) mass is 384 g/mol. The summed E-state index contributed by atoms with van der Waals surface area (Å²) in [5.74, 6) is -0.483. The highest BCUT2D eigenvalue weighted by Gasteiger charge is 2.35. The Kier molecular flexibility index (Phi) is 5.46. The zero-order valence-corrected chi connectivity index (χ0v) is 14.1. The number of hydrogen-bond donors (Lipinski definition) is 1. The van der Waals surface area contributed by atoms with Crippen LogP contribution in [0.25, 0.3) is 0 Å². The molecular weight excluding hydrogens is 369 g/mol. The SMILES string of the molecule is NC(=O)CC1CCN(S(=O)(=O)c2cc(C(F)(F)F)ccc2Cl)CC1. The summed E-state index contributed by atoms with van der Waals surface area (Å²) >= 11 is 5.81. The van der Waals surface area contributed by atoms with Gasteiger partial charge in [0.2, 0.25) is 15.9 Å². The maximum atomic E-state index is 12.8. The van der Waals surface area contributed by atoms with E-state index in [0.717, 1.165) is 16.4 Å². The average Bonchev–Trinajstić information content (AvgIpc) is 2.46. The minimum absolute atomic E-state index is 0.0223. The van der Waals surface area contributed by atoms with Gasteiger partial charge in [-0.3, -0.25) is 4.79 Å². The molecule has 0 bridgehead atoms. The number of primary amides is 1. The van der Waals surface area contributed by atoms with Crippen LogP contribution in [0.15, 0.2) is 23.1 Å². The quantitative estimate of drug-likeness (QED) is 0.866. The van der Waals surface area contributed by atoms with Crippen molar-refractivity contribution in [3.8, 4) is 0 Å². The van der Waals surface area contributed by atoms with Gasteiger partial charge in [0.15, 0.2) is 0 Å². The van der Waals surface area contributed by atoms with E-state index in [9.17, 15) is 26.4 Å². The van der Waals surface area contributed by atoms with Crippen molar-refractivity contribution in [2.24, 2.45) is 11.7 Å². The Hall–Kier alpha value is -1.32. The highest BCUT2D eigenvalue weighted by atomic mass is 35.5. The number of hydrogen-bond acceptors (Lipinski definition) is 3. The van der Waals surface area contributed by atoms with E-state index in [1.165, 1.54) is 0 Å². The lowest BCUT2D eigenvalue weighted by Gasteiger charge is -2.31.